The Kier molecular flexibility index (Phi) is 6.94. The first-order chi connectivity index (χ1) is 12.0. The fourth-order valence-corrected chi connectivity index (χ4v) is 3.28. The summed E-state index contributed by atoms with van der Waals surface area (Å²) < 4.78 is 5.47. The third-order valence-corrected chi connectivity index (χ3v) is 4.64. The topological polar surface area (TPSA) is 88.5 Å². The Labute approximate surface area is 150 Å². The molecule has 0 saturated carbocycles. The first-order valence-electron chi connectivity index (χ1n) is 8.22. The van der Waals surface area contributed by atoms with Crippen LogP contribution in [0, 0.1) is 6.92 Å². The Hall–Kier alpha value is -2.41. The maximum atomic E-state index is 12.4. The Morgan fingerprint density at radius 3 is 2.64 bits per heavy atom. The predicted octanol–water partition coefficient (Wildman–Crippen LogP) is 3.90. The second kappa shape index (κ2) is 9.17. The zero-order valence-corrected chi connectivity index (χ0v) is 15.2. The number of aryl methyl sites for hydroxylation is 2. The number of carbonyl (C=O) groups excluding carboxylic acids is 1. The highest BCUT2D eigenvalue weighted by molar-refractivity contribution is 7.13. The number of thiazole rings is 1. The number of hydrogen-bond acceptors (Lipinski definition) is 5. The molecule has 0 aliphatic carbocycles. The van der Waals surface area contributed by atoms with Crippen LogP contribution in [0.3, 0.4) is 0 Å². The largest absolute Gasteiger partial charge is 0.494 e. The molecule has 134 valence electrons. The number of rotatable bonds is 9. The van der Waals surface area contributed by atoms with Crippen LogP contribution in [-0.2, 0) is 11.2 Å². The van der Waals surface area contributed by atoms with Gasteiger partial charge in [-0.3, -0.25) is 9.59 Å². The lowest BCUT2D eigenvalue weighted by Crippen LogP contribution is -2.11. The SMILES string of the molecule is CCCc1nc(C)c(C(=O)Nc2ccc(OCCCC(=O)O)cc2)s1. The molecule has 2 aromatic rings. The number of carboxylic acid groups (broad SMARTS) is 1. The number of amides is 1. The average Bonchev–Trinajstić information content (AvgIpc) is 2.94. The number of ether oxygens (including phenoxy) is 1. The molecule has 0 saturated heterocycles. The molecule has 0 bridgehead atoms. The van der Waals surface area contributed by atoms with Crippen LogP contribution in [0.4, 0.5) is 5.69 Å². The second-order valence-corrected chi connectivity index (χ2v) is 6.68. The molecule has 1 aromatic heterocycles. The third kappa shape index (κ3) is 5.86. The number of nitrogens with one attached hydrogen (secondary N) is 1. The van der Waals surface area contributed by atoms with E-state index in [1.54, 1.807) is 24.3 Å². The van der Waals surface area contributed by atoms with Crippen molar-refractivity contribution < 1.29 is 19.4 Å². The van der Waals surface area contributed by atoms with Gasteiger partial charge >= 0.3 is 5.97 Å². The molecule has 1 aromatic carbocycles. The minimum Gasteiger partial charge on any atom is -0.494 e. The quantitative estimate of drug-likeness (QED) is 0.661. The molecule has 1 amide bonds. The third-order valence-electron chi connectivity index (χ3n) is 3.43. The standard InChI is InChI=1S/C18H22N2O4S/c1-3-5-15-19-12(2)17(25-15)18(23)20-13-7-9-14(10-8-13)24-11-4-6-16(21)22/h7-10H,3-6,11H2,1-2H3,(H,20,23)(H,21,22). The van der Waals surface area contributed by atoms with Gasteiger partial charge in [0, 0.05) is 12.1 Å². The minimum atomic E-state index is -0.831. The van der Waals surface area contributed by atoms with Crippen LogP contribution >= 0.6 is 11.3 Å². The van der Waals surface area contributed by atoms with Crippen LogP contribution in [0.5, 0.6) is 5.75 Å². The molecule has 2 N–H and O–H groups in total. The van der Waals surface area contributed by atoms with E-state index in [9.17, 15) is 9.59 Å². The Balaban J connectivity index is 1.90. The number of aromatic nitrogens is 1. The highest BCUT2D eigenvalue weighted by Gasteiger charge is 2.15. The molecule has 6 nitrogen and oxygen atoms in total. The van der Waals surface area contributed by atoms with E-state index in [0.717, 1.165) is 23.5 Å². The smallest absolute Gasteiger partial charge is 0.303 e. The van der Waals surface area contributed by atoms with Gasteiger partial charge in [0.2, 0.25) is 0 Å². The van der Waals surface area contributed by atoms with E-state index in [1.807, 2.05) is 6.92 Å². The Morgan fingerprint density at radius 1 is 1.28 bits per heavy atom. The van der Waals surface area contributed by atoms with Crippen molar-refractivity contribution in [1.82, 2.24) is 4.98 Å². The van der Waals surface area contributed by atoms with E-state index in [0.29, 0.717) is 29.3 Å². The molecule has 0 aliphatic heterocycles. The molecular weight excluding hydrogens is 340 g/mol. The fourth-order valence-electron chi connectivity index (χ4n) is 2.22. The summed E-state index contributed by atoms with van der Waals surface area (Å²) in [7, 11) is 0. The lowest BCUT2D eigenvalue weighted by atomic mass is 10.3. The van der Waals surface area contributed by atoms with Crippen LogP contribution in [-0.4, -0.2) is 28.6 Å². The minimum absolute atomic E-state index is 0.0857. The van der Waals surface area contributed by atoms with E-state index < -0.39 is 5.97 Å². The maximum Gasteiger partial charge on any atom is 0.303 e. The number of nitrogens with zero attached hydrogens (tertiary/aromatic N) is 1. The summed E-state index contributed by atoms with van der Waals surface area (Å²) in [6.45, 7) is 4.28. The molecule has 0 aliphatic rings. The summed E-state index contributed by atoms with van der Waals surface area (Å²) in [4.78, 5) is 27.9. The first kappa shape index (κ1) is 18.9. The average molecular weight is 362 g/mol. The summed E-state index contributed by atoms with van der Waals surface area (Å²) in [5.41, 5.74) is 1.43. The predicted molar refractivity (Wildman–Crippen MR) is 97.6 cm³/mol. The summed E-state index contributed by atoms with van der Waals surface area (Å²) in [5, 5.41) is 12.4. The van der Waals surface area contributed by atoms with Gasteiger partial charge in [0.25, 0.3) is 5.91 Å². The van der Waals surface area contributed by atoms with Crippen LogP contribution in [0.25, 0.3) is 0 Å². The number of anilines is 1. The number of aliphatic carboxylic acids is 1. The molecule has 0 radical (unpaired) electrons. The zero-order chi connectivity index (χ0) is 18.2. The van der Waals surface area contributed by atoms with Crippen molar-refractivity contribution in [3.63, 3.8) is 0 Å². The number of benzene rings is 1. The van der Waals surface area contributed by atoms with Crippen LogP contribution < -0.4 is 10.1 Å². The summed E-state index contributed by atoms with van der Waals surface area (Å²) >= 11 is 1.43. The van der Waals surface area contributed by atoms with Crippen molar-refractivity contribution >= 4 is 28.9 Å². The van der Waals surface area contributed by atoms with Gasteiger partial charge in [0.05, 0.1) is 17.3 Å². The van der Waals surface area contributed by atoms with Crippen molar-refractivity contribution in [2.45, 2.75) is 39.5 Å². The number of carboxylic acids is 1. The van der Waals surface area contributed by atoms with E-state index in [4.69, 9.17) is 9.84 Å². The Bertz CT molecular complexity index is 725. The van der Waals surface area contributed by atoms with Crippen molar-refractivity contribution in [3.05, 3.63) is 39.8 Å². The lowest BCUT2D eigenvalue weighted by molar-refractivity contribution is -0.137. The summed E-state index contributed by atoms with van der Waals surface area (Å²) in [6.07, 6.45) is 2.43. The van der Waals surface area contributed by atoms with Gasteiger partial charge in [-0.15, -0.1) is 11.3 Å². The van der Waals surface area contributed by atoms with Gasteiger partial charge in [0.15, 0.2) is 0 Å². The van der Waals surface area contributed by atoms with Gasteiger partial charge in [0.1, 0.15) is 10.6 Å². The summed E-state index contributed by atoms with van der Waals surface area (Å²) in [5.74, 6) is -0.350. The molecule has 0 spiro atoms. The van der Waals surface area contributed by atoms with E-state index in [2.05, 4.69) is 17.2 Å². The molecule has 0 unspecified atom stereocenters. The van der Waals surface area contributed by atoms with Gasteiger partial charge in [-0.1, -0.05) is 6.92 Å². The van der Waals surface area contributed by atoms with Crippen LogP contribution in [0.1, 0.15) is 46.6 Å². The van der Waals surface area contributed by atoms with Gasteiger partial charge < -0.3 is 15.2 Å². The van der Waals surface area contributed by atoms with Crippen molar-refractivity contribution in [3.8, 4) is 5.75 Å². The normalized spacial score (nSPS) is 10.5. The van der Waals surface area contributed by atoms with Crippen LogP contribution in [0.2, 0.25) is 0 Å². The molecule has 2 rings (SSSR count). The fraction of sp³-hybridized carbons (Fsp3) is 0.389. The van der Waals surface area contributed by atoms with E-state index in [-0.39, 0.29) is 12.3 Å². The van der Waals surface area contributed by atoms with E-state index >= 15 is 0 Å². The van der Waals surface area contributed by atoms with Gasteiger partial charge in [-0.2, -0.15) is 0 Å². The van der Waals surface area contributed by atoms with Crippen LogP contribution in [0.15, 0.2) is 24.3 Å². The number of hydrogen-bond donors (Lipinski definition) is 2. The Morgan fingerprint density at radius 2 is 2.00 bits per heavy atom. The molecule has 0 atom stereocenters. The second-order valence-electron chi connectivity index (χ2n) is 5.60. The number of carbonyl (C=O) groups is 2. The monoisotopic (exact) mass is 362 g/mol. The molecule has 1 heterocycles. The van der Waals surface area contributed by atoms with Crippen molar-refractivity contribution in [2.24, 2.45) is 0 Å². The van der Waals surface area contributed by atoms with Gasteiger partial charge in [-0.25, -0.2) is 4.98 Å². The summed E-state index contributed by atoms with van der Waals surface area (Å²) in [6, 6.07) is 7.01. The van der Waals surface area contributed by atoms with Crippen molar-refractivity contribution in [1.29, 1.82) is 0 Å². The molecular formula is C18H22N2O4S. The van der Waals surface area contributed by atoms with E-state index in [1.165, 1.54) is 11.3 Å². The van der Waals surface area contributed by atoms with Gasteiger partial charge in [-0.05, 0) is 50.5 Å². The highest BCUT2D eigenvalue weighted by Crippen LogP contribution is 2.22. The zero-order valence-electron chi connectivity index (χ0n) is 14.4. The molecule has 7 heteroatoms. The first-order valence-corrected chi connectivity index (χ1v) is 9.03. The maximum absolute atomic E-state index is 12.4. The molecule has 0 fully saturated rings. The van der Waals surface area contributed by atoms with Crippen molar-refractivity contribution in [2.75, 3.05) is 11.9 Å². The highest BCUT2D eigenvalue weighted by atomic mass is 32.1. The molecule has 25 heavy (non-hydrogen) atoms. The lowest BCUT2D eigenvalue weighted by Gasteiger charge is -2.07.